The van der Waals surface area contributed by atoms with Crippen LogP contribution in [0.5, 0.6) is 0 Å². The first-order valence-corrected chi connectivity index (χ1v) is 8.26. The molecule has 1 aromatic carbocycles. The van der Waals surface area contributed by atoms with Gasteiger partial charge in [0.15, 0.2) is 0 Å². The van der Waals surface area contributed by atoms with Crippen molar-refractivity contribution in [2.75, 3.05) is 0 Å². The Balaban J connectivity index is 1.70. The monoisotopic (exact) mass is 376 g/mol. The molecule has 0 atom stereocenters. The average Bonchev–Trinajstić information content (AvgIpc) is 2.56. The Morgan fingerprint density at radius 3 is 2.76 bits per heavy atom. The first kappa shape index (κ1) is 17.5. The van der Waals surface area contributed by atoms with E-state index >= 15 is 0 Å². The highest BCUT2D eigenvalue weighted by Crippen LogP contribution is 2.21. The van der Waals surface area contributed by atoms with E-state index in [1.807, 2.05) is 13.0 Å². The van der Waals surface area contributed by atoms with Crippen molar-refractivity contribution in [1.29, 1.82) is 0 Å². The van der Waals surface area contributed by atoms with E-state index in [4.69, 9.17) is 27.9 Å². The first-order valence-electron chi connectivity index (χ1n) is 7.51. The number of esters is 1. The van der Waals surface area contributed by atoms with Crippen LogP contribution in [-0.2, 0) is 22.6 Å². The van der Waals surface area contributed by atoms with E-state index in [0.29, 0.717) is 26.9 Å². The van der Waals surface area contributed by atoms with Crippen LogP contribution in [0.15, 0.2) is 47.4 Å². The maximum Gasteiger partial charge on any atom is 0.310 e. The zero-order valence-corrected chi connectivity index (χ0v) is 14.8. The summed E-state index contributed by atoms with van der Waals surface area (Å²) in [6, 6.07) is 9.86. The van der Waals surface area contributed by atoms with E-state index in [1.54, 1.807) is 30.5 Å². The molecule has 5 nitrogen and oxygen atoms in total. The molecule has 3 rings (SSSR count). The fourth-order valence-electron chi connectivity index (χ4n) is 2.36. The number of ether oxygens (including phenoxy) is 1. The van der Waals surface area contributed by atoms with E-state index in [-0.39, 0.29) is 18.6 Å². The molecule has 0 bridgehead atoms. The van der Waals surface area contributed by atoms with Crippen LogP contribution in [0.4, 0.5) is 0 Å². The van der Waals surface area contributed by atoms with Gasteiger partial charge in [0.25, 0.3) is 5.56 Å². The van der Waals surface area contributed by atoms with E-state index in [9.17, 15) is 9.59 Å². The predicted molar refractivity (Wildman–Crippen MR) is 96.2 cm³/mol. The van der Waals surface area contributed by atoms with Gasteiger partial charge in [0, 0.05) is 22.3 Å². The molecule has 2 heterocycles. The Kier molecular flexibility index (Phi) is 5.06. The molecule has 0 N–H and O–H groups in total. The highest BCUT2D eigenvalue weighted by Gasteiger charge is 2.10. The highest BCUT2D eigenvalue weighted by molar-refractivity contribution is 6.35. The van der Waals surface area contributed by atoms with Crippen LogP contribution in [-0.4, -0.2) is 15.4 Å². The second-order valence-electron chi connectivity index (χ2n) is 5.59. The maximum absolute atomic E-state index is 12.1. The number of rotatable bonds is 4. The number of aryl methyl sites for hydroxylation is 1. The van der Waals surface area contributed by atoms with E-state index in [2.05, 4.69) is 4.98 Å². The van der Waals surface area contributed by atoms with Crippen LogP contribution in [0.1, 0.15) is 16.8 Å². The predicted octanol–water partition coefficient (Wildman–Crippen LogP) is 3.60. The van der Waals surface area contributed by atoms with Crippen molar-refractivity contribution in [3.63, 3.8) is 0 Å². The fraction of sp³-hybridized carbons (Fsp3) is 0.167. The van der Waals surface area contributed by atoms with Gasteiger partial charge in [-0.05, 0) is 36.2 Å². The summed E-state index contributed by atoms with van der Waals surface area (Å²) < 4.78 is 6.66. The standard InChI is InChI=1S/C18H14Cl2N2O3/c1-11-2-5-16-21-14(8-17(23)22(16)9-11)10-25-18(24)6-12-3-4-13(19)7-15(12)20/h2-5,7-9H,6,10H2,1H3. The minimum absolute atomic E-state index is 0.0156. The minimum Gasteiger partial charge on any atom is -0.459 e. The molecule has 0 spiro atoms. The fourth-order valence-corrected chi connectivity index (χ4v) is 2.83. The molecule has 7 heteroatoms. The summed E-state index contributed by atoms with van der Waals surface area (Å²) in [7, 11) is 0. The van der Waals surface area contributed by atoms with Crippen LogP contribution >= 0.6 is 23.2 Å². The Hall–Kier alpha value is -2.37. The number of aromatic nitrogens is 2. The highest BCUT2D eigenvalue weighted by atomic mass is 35.5. The Morgan fingerprint density at radius 1 is 1.20 bits per heavy atom. The first-order chi connectivity index (χ1) is 11.9. The van der Waals surface area contributed by atoms with Gasteiger partial charge in [-0.3, -0.25) is 14.0 Å². The average molecular weight is 377 g/mol. The number of halogens is 2. The van der Waals surface area contributed by atoms with Gasteiger partial charge >= 0.3 is 5.97 Å². The molecule has 2 aromatic heterocycles. The number of pyridine rings is 1. The largest absolute Gasteiger partial charge is 0.459 e. The maximum atomic E-state index is 12.1. The molecule has 128 valence electrons. The topological polar surface area (TPSA) is 60.7 Å². The van der Waals surface area contributed by atoms with E-state index in [0.717, 1.165) is 5.56 Å². The quantitative estimate of drug-likeness (QED) is 0.652. The molecule has 0 aliphatic rings. The van der Waals surface area contributed by atoms with Crippen LogP contribution in [0, 0.1) is 6.92 Å². The van der Waals surface area contributed by atoms with Gasteiger partial charge in [0.05, 0.1) is 12.1 Å². The van der Waals surface area contributed by atoms with Crippen LogP contribution in [0.2, 0.25) is 10.0 Å². The van der Waals surface area contributed by atoms with Gasteiger partial charge in [-0.25, -0.2) is 4.98 Å². The van der Waals surface area contributed by atoms with Crippen LogP contribution < -0.4 is 5.56 Å². The Labute approximate surface area is 153 Å². The van der Waals surface area contributed by atoms with Crippen molar-refractivity contribution >= 4 is 34.8 Å². The number of hydrogen-bond acceptors (Lipinski definition) is 4. The van der Waals surface area contributed by atoms with Crippen LogP contribution in [0.3, 0.4) is 0 Å². The number of hydrogen-bond donors (Lipinski definition) is 0. The van der Waals surface area contributed by atoms with Crippen molar-refractivity contribution in [3.05, 3.63) is 79.8 Å². The van der Waals surface area contributed by atoms with Crippen molar-refractivity contribution in [2.45, 2.75) is 20.0 Å². The van der Waals surface area contributed by atoms with Gasteiger partial charge in [0.2, 0.25) is 0 Å². The molecule has 0 unspecified atom stereocenters. The van der Waals surface area contributed by atoms with Crippen molar-refractivity contribution in [3.8, 4) is 0 Å². The van der Waals surface area contributed by atoms with Crippen molar-refractivity contribution in [1.82, 2.24) is 9.38 Å². The molecule has 0 aliphatic carbocycles. The molecule has 0 amide bonds. The van der Waals surface area contributed by atoms with Gasteiger partial charge in [0.1, 0.15) is 12.3 Å². The van der Waals surface area contributed by atoms with Gasteiger partial charge in [-0.2, -0.15) is 0 Å². The molecule has 3 aromatic rings. The van der Waals surface area contributed by atoms with Crippen molar-refractivity contribution < 1.29 is 9.53 Å². The molecular formula is C18H14Cl2N2O3. The van der Waals surface area contributed by atoms with Gasteiger partial charge in [-0.15, -0.1) is 0 Å². The summed E-state index contributed by atoms with van der Waals surface area (Å²) >= 11 is 11.9. The summed E-state index contributed by atoms with van der Waals surface area (Å²) in [6.45, 7) is 1.81. The third-order valence-corrected chi connectivity index (χ3v) is 4.18. The molecule has 0 saturated heterocycles. The number of carbonyl (C=O) groups excluding carboxylic acids is 1. The Morgan fingerprint density at radius 2 is 2.00 bits per heavy atom. The van der Waals surface area contributed by atoms with E-state index in [1.165, 1.54) is 10.5 Å². The summed E-state index contributed by atoms with van der Waals surface area (Å²) in [6.07, 6.45) is 1.73. The molecular weight excluding hydrogens is 363 g/mol. The Bertz CT molecular complexity index is 1010. The number of carbonyl (C=O) groups is 1. The van der Waals surface area contributed by atoms with Gasteiger partial charge < -0.3 is 4.74 Å². The van der Waals surface area contributed by atoms with Crippen molar-refractivity contribution in [2.24, 2.45) is 0 Å². The number of benzene rings is 1. The van der Waals surface area contributed by atoms with Gasteiger partial charge in [-0.1, -0.05) is 35.3 Å². The lowest BCUT2D eigenvalue weighted by molar-refractivity contribution is -0.144. The molecule has 0 fully saturated rings. The summed E-state index contributed by atoms with van der Waals surface area (Å²) in [5, 5.41) is 0.903. The third kappa shape index (κ3) is 4.18. The summed E-state index contributed by atoms with van der Waals surface area (Å²) in [5.74, 6) is -0.463. The lowest BCUT2D eigenvalue weighted by atomic mass is 10.1. The lowest BCUT2D eigenvalue weighted by Crippen LogP contribution is -2.17. The third-order valence-electron chi connectivity index (χ3n) is 3.59. The second-order valence-corrected chi connectivity index (χ2v) is 6.44. The zero-order chi connectivity index (χ0) is 18.0. The normalized spacial score (nSPS) is 10.8. The smallest absolute Gasteiger partial charge is 0.310 e. The van der Waals surface area contributed by atoms with E-state index < -0.39 is 5.97 Å². The molecule has 0 radical (unpaired) electrons. The number of nitrogens with zero attached hydrogens (tertiary/aromatic N) is 2. The summed E-state index contributed by atoms with van der Waals surface area (Å²) in [4.78, 5) is 28.4. The van der Waals surface area contributed by atoms with Crippen LogP contribution in [0.25, 0.3) is 5.65 Å². The lowest BCUT2D eigenvalue weighted by Gasteiger charge is -2.07. The SMILES string of the molecule is Cc1ccc2nc(COC(=O)Cc3ccc(Cl)cc3Cl)cc(=O)n2c1. The minimum atomic E-state index is -0.463. The summed E-state index contributed by atoms with van der Waals surface area (Å²) in [5.41, 5.74) is 2.25. The zero-order valence-electron chi connectivity index (χ0n) is 13.3. The second kappa shape index (κ2) is 7.25. The number of fused-ring (bicyclic) bond motifs is 1. The molecule has 0 aliphatic heterocycles. The molecule has 25 heavy (non-hydrogen) atoms. The molecule has 0 saturated carbocycles.